The average molecular weight is 443 g/mol. The minimum absolute atomic E-state index is 0.0254. The third-order valence-electron chi connectivity index (χ3n) is 4.95. The maximum atomic E-state index is 13.7. The number of halogens is 3. The van der Waals surface area contributed by atoms with Crippen LogP contribution in [0.25, 0.3) is 5.69 Å². The van der Waals surface area contributed by atoms with Gasteiger partial charge in [0.2, 0.25) is 0 Å². The molecule has 1 aromatic carbocycles. The lowest BCUT2D eigenvalue weighted by Gasteiger charge is -2.26. The van der Waals surface area contributed by atoms with Crippen LogP contribution in [0.2, 0.25) is 0 Å². The Morgan fingerprint density at radius 2 is 1.90 bits per heavy atom. The number of para-hydroxylation sites is 1. The van der Waals surface area contributed by atoms with Crippen molar-refractivity contribution in [2.75, 3.05) is 26.0 Å². The minimum Gasteiger partial charge on any atom is -0.469 e. The summed E-state index contributed by atoms with van der Waals surface area (Å²) in [5.74, 6) is 0.694. The van der Waals surface area contributed by atoms with Gasteiger partial charge >= 0.3 is 12.1 Å². The van der Waals surface area contributed by atoms with E-state index in [1.807, 2.05) is 0 Å². The Balaban J connectivity index is 1.89. The van der Waals surface area contributed by atoms with E-state index in [1.54, 1.807) is 6.07 Å². The number of benzene rings is 1. The fourth-order valence-electron chi connectivity index (χ4n) is 3.45. The van der Waals surface area contributed by atoms with Gasteiger partial charge < -0.3 is 4.74 Å². The Morgan fingerprint density at radius 3 is 2.60 bits per heavy atom. The quantitative estimate of drug-likeness (QED) is 0.345. The molecule has 1 saturated heterocycles. The largest absolute Gasteiger partial charge is 0.469 e. The molecule has 0 aliphatic carbocycles. The normalized spacial score (nSPS) is 15.3. The van der Waals surface area contributed by atoms with Crippen LogP contribution in [0.5, 0.6) is 0 Å². The van der Waals surface area contributed by atoms with Crippen LogP contribution in [0, 0.1) is 0 Å². The molecule has 1 aliphatic rings. The van der Waals surface area contributed by atoms with Crippen LogP contribution in [0.15, 0.2) is 29.4 Å². The number of piperidine rings is 1. The van der Waals surface area contributed by atoms with Crippen molar-refractivity contribution in [3.63, 3.8) is 0 Å². The van der Waals surface area contributed by atoms with Crippen molar-refractivity contribution in [1.82, 2.24) is 19.7 Å². The van der Waals surface area contributed by atoms with Gasteiger partial charge in [0.1, 0.15) is 0 Å². The Kier molecular flexibility index (Phi) is 7.76. The molecular weight excluding hydrogens is 417 g/mol. The Hall–Kier alpha value is -2.07. The first-order valence-corrected chi connectivity index (χ1v) is 10.9. The lowest BCUT2D eigenvalue weighted by molar-refractivity contribution is -0.140. The van der Waals surface area contributed by atoms with E-state index >= 15 is 0 Å². The van der Waals surface area contributed by atoms with Gasteiger partial charge in [-0.1, -0.05) is 30.3 Å². The number of methoxy groups -OCH3 is 1. The van der Waals surface area contributed by atoms with E-state index in [2.05, 4.69) is 19.8 Å². The zero-order chi connectivity index (χ0) is 21.6. The molecular formula is C20H25F3N4O2S. The molecule has 1 aliphatic heterocycles. The van der Waals surface area contributed by atoms with Gasteiger partial charge in [-0.2, -0.15) is 13.2 Å². The van der Waals surface area contributed by atoms with E-state index in [0.717, 1.165) is 32.0 Å². The number of esters is 1. The summed E-state index contributed by atoms with van der Waals surface area (Å²) in [7, 11) is 1.33. The van der Waals surface area contributed by atoms with Gasteiger partial charge in [-0.25, -0.2) is 0 Å². The molecule has 6 nitrogen and oxygen atoms in total. The van der Waals surface area contributed by atoms with Crippen molar-refractivity contribution >= 4 is 17.7 Å². The predicted molar refractivity (Wildman–Crippen MR) is 107 cm³/mol. The second-order valence-electron chi connectivity index (χ2n) is 7.11. The molecule has 3 rings (SSSR count). The molecule has 0 saturated carbocycles. The van der Waals surface area contributed by atoms with Gasteiger partial charge in [0, 0.05) is 12.2 Å². The molecule has 10 heteroatoms. The van der Waals surface area contributed by atoms with Crippen LogP contribution < -0.4 is 0 Å². The second kappa shape index (κ2) is 10.3. The molecule has 1 aromatic heterocycles. The van der Waals surface area contributed by atoms with Crippen LogP contribution in [-0.2, 0) is 22.3 Å². The van der Waals surface area contributed by atoms with Crippen molar-refractivity contribution in [3.05, 3.63) is 35.7 Å². The molecule has 0 N–H and O–H groups in total. The van der Waals surface area contributed by atoms with Gasteiger partial charge in [-0.3, -0.25) is 14.3 Å². The summed E-state index contributed by atoms with van der Waals surface area (Å²) in [5.41, 5.74) is -0.696. The average Bonchev–Trinajstić information content (AvgIpc) is 3.13. The van der Waals surface area contributed by atoms with E-state index in [9.17, 15) is 18.0 Å². The van der Waals surface area contributed by atoms with Crippen molar-refractivity contribution in [2.45, 2.75) is 50.0 Å². The molecule has 0 radical (unpaired) electrons. The molecule has 2 heterocycles. The highest BCUT2D eigenvalue weighted by Gasteiger charge is 2.35. The van der Waals surface area contributed by atoms with E-state index in [4.69, 9.17) is 0 Å². The number of alkyl halides is 3. The number of ether oxygens (including phenoxy) is 1. The highest BCUT2D eigenvalue weighted by molar-refractivity contribution is 7.99. The summed E-state index contributed by atoms with van der Waals surface area (Å²) in [6.07, 6.45) is -0.397. The van der Waals surface area contributed by atoms with Crippen molar-refractivity contribution in [1.29, 1.82) is 0 Å². The van der Waals surface area contributed by atoms with Gasteiger partial charge in [-0.15, -0.1) is 10.2 Å². The summed E-state index contributed by atoms with van der Waals surface area (Å²) < 4.78 is 47.2. The lowest BCUT2D eigenvalue weighted by atomic mass is 10.1. The first-order chi connectivity index (χ1) is 14.4. The van der Waals surface area contributed by atoms with Gasteiger partial charge in [0.15, 0.2) is 11.0 Å². The summed E-state index contributed by atoms with van der Waals surface area (Å²) in [5, 5.41) is 8.81. The van der Waals surface area contributed by atoms with Crippen LogP contribution in [0.4, 0.5) is 13.2 Å². The van der Waals surface area contributed by atoms with Crippen molar-refractivity contribution in [2.24, 2.45) is 0 Å². The molecule has 0 unspecified atom stereocenters. The zero-order valence-electron chi connectivity index (χ0n) is 16.8. The highest BCUT2D eigenvalue weighted by atomic mass is 32.2. The van der Waals surface area contributed by atoms with Gasteiger partial charge in [-0.05, 0) is 44.5 Å². The van der Waals surface area contributed by atoms with Crippen LogP contribution in [-0.4, -0.2) is 51.6 Å². The zero-order valence-corrected chi connectivity index (χ0v) is 17.6. The van der Waals surface area contributed by atoms with Gasteiger partial charge in [0.25, 0.3) is 0 Å². The molecule has 0 atom stereocenters. The lowest BCUT2D eigenvalue weighted by Crippen LogP contribution is -2.30. The number of carbonyl (C=O) groups excluding carboxylic acids is 1. The Labute approximate surface area is 177 Å². The highest BCUT2D eigenvalue weighted by Crippen LogP contribution is 2.36. The minimum atomic E-state index is -4.49. The summed E-state index contributed by atoms with van der Waals surface area (Å²) >= 11 is 1.29. The second-order valence-corrected chi connectivity index (χ2v) is 8.18. The van der Waals surface area contributed by atoms with Crippen molar-refractivity contribution in [3.8, 4) is 5.69 Å². The predicted octanol–water partition coefficient (Wildman–Crippen LogP) is 4.32. The van der Waals surface area contributed by atoms with Crippen LogP contribution >= 0.6 is 11.8 Å². The molecule has 0 amide bonds. The van der Waals surface area contributed by atoms with Crippen molar-refractivity contribution < 1.29 is 22.7 Å². The first-order valence-electron chi connectivity index (χ1n) is 9.93. The number of hydrogen-bond donors (Lipinski definition) is 0. The van der Waals surface area contributed by atoms with E-state index in [-0.39, 0.29) is 18.1 Å². The molecule has 2 aromatic rings. The van der Waals surface area contributed by atoms with Crippen LogP contribution in [0.3, 0.4) is 0 Å². The fourth-order valence-corrected chi connectivity index (χ4v) is 4.35. The van der Waals surface area contributed by atoms with Gasteiger partial charge in [0.05, 0.1) is 24.9 Å². The summed E-state index contributed by atoms with van der Waals surface area (Å²) in [6.45, 7) is 2.24. The molecule has 30 heavy (non-hydrogen) atoms. The number of aromatic nitrogens is 3. The number of carbonyl (C=O) groups is 1. The fraction of sp³-hybridized carbons (Fsp3) is 0.550. The molecule has 1 fully saturated rings. The standard InChI is InChI=1S/C20H25F3N4O2S/c1-29-18(28)10-7-13-30-19-25-24-17(14-26-11-5-2-6-12-26)27(19)16-9-4-3-8-15(16)20(21,22)23/h3-4,8-9H,2,5-7,10-14H2,1H3. The maximum absolute atomic E-state index is 13.7. The Bertz CT molecular complexity index is 851. The van der Waals surface area contributed by atoms with Crippen LogP contribution in [0.1, 0.15) is 43.5 Å². The Morgan fingerprint density at radius 1 is 1.17 bits per heavy atom. The maximum Gasteiger partial charge on any atom is 0.418 e. The molecule has 0 spiro atoms. The smallest absolute Gasteiger partial charge is 0.418 e. The monoisotopic (exact) mass is 442 g/mol. The SMILES string of the molecule is COC(=O)CCCSc1nnc(CN2CCCCC2)n1-c1ccccc1C(F)(F)F. The number of rotatable bonds is 8. The third kappa shape index (κ3) is 5.75. The number of hydrogen-bond acceptors (Lipinski definition) is 6. The third-order valence-corrected chi connectivity index (χ3v) is 5.96. The van der Waals surface area contributed by atoms with E-state index in [0.29, 0.717) is 29.7 Å². The van der Waals surface area contributed by atoms with E-state index < -0.39 is 11.7 Å². The molecule has 0 bridgehead atoms. The topological polar surface area (TPSA) is 60.2 Å². The number of thioether (sulfide) groups is 1. The van der Waals surface area contributed by atoms with E-state index in [1.165, 1.54) is 42.0 Å². The number of nitrogens with zero attached hydrogens (tertiary/aromatic N) is 4. The molecule has 164 valence electrons. The first kappa shape index (κ1) is 22.6. The number of likely N-dealkylation sites (tertiary alicyclic amines) is 1. The summed E-state index contributed by atoms with van der Waals surface area (Å²) in [6, 6.07) is 5.49. The summed E-state index contributed by atoms with van der Waals surface area (Å²) in [4.78, 5) is 13.5.